The van der Waals surface area contributed by atoms with Gasteiger partial charge >= 0.3 is 0 Å². The Kier molecular flexibility index (Phi) is 8.30. The monoisotopic (exact) mass is 483 g/mol. The van der Waals surface area contributed by atoms with Crippen molar-refractivity contribution in [2.45, 2.75) is 38.5 Å². The average Bonchev–Trinajstić information content (AvgIpc) is 3.18. The third-order valence-corrected chi connectivity index (χ3v) is 6.42. The summed E-state index contributed by atoms with van der Waals surface area (Å²) in [7, 11) is 0. The molecule has 33 heavy (non-hydrogen) atoms. The lowest BCUT2D eigenvalue weighted by Gasteiger charge is -2.16. The molecule has 0 aliphatic heterocycles. The maximum Gasteiger partial charge on any atom is 0.253 e. The molecular weight excluding hydrogens is 458 g/mol. The SMILES string of the molecule is C=CCn1c(SCC(=O)Nc2cccc(C)c2C)nnc1[C@H](C)NC(=O)c1ccccc1Cl. The number of aryl methyl sites for hydroxylation is 1. The lowest BCUT2D eigenvalue weighted by Crippen LogP contribution is -2.29. The van der Waals surface area contributed by atoms with Crippen LogP contribution in [0, 0.1) is 13.8 Å². The second-order valence-corrected chi connectivity index (χ2v) is 8.85. The minimum atomic E-state index is -0.431. The number of amides is 2. The highest BCUT2D eigenvalue weighted by atomic mass is 35.5. The van der Waals surface area contributed by atoms with Gasteiger partial charge in [0, 0.05) is 12.2 Å². The second-order valence-electron chi connectivity index (χ2n) is 7.50. The Morgan fingerprint density at radius 3 is 2.67 bits per heavy atom. The zero-order valence-electron chi connectivity index (χ0n) is 18.8. The second kappa shape index (κ2) is 11.2. The summed E-state index contributed by atoms with van der Waals surface area (Å²) in [5.74, 6) is 0.294. The fourth-order valence-corrected chi connectivity index (χ4v) is 4.19. The summed E-state index contributed by atoms with van der Waals surface area (Å²) in [4.78, 5) is 25.1. The fourth-order valence-electron chi connectivity index (χ4n) is 3.22. The van der Waals surface area contributed by atoms with Gasteiger partial charge in [-0.2, -0.15) is 0 Å². The molecule has 3 aromatic rings. The lowest BCUT2D eigenvalue weighted by atomic mass is 10.1. The number of hydrogen-bond acceptors (Lipinski definition) is 5. The summed E-state index contributed by atoms with van der Waals surface area (Å²) in [6, 6.07) is 12.2. The number of carbonyl (C=O) groups is 2. The van der Waals surface area contributed by atoms with Crippen LogP contribution >= 0.6 is 23.4 Å². The Labute approximate surface area is 202 Å². The highest BCUT2D eigenvalue weighted by Crippen LogP contribution is 2.23. The zero-order valence-corrected chi connectivity index (χ0v) is 20.3. The van der Waals surface area contributed by atoms with Crippen molar-refractivity contribution in [1.82, 2.24) is 20.1 Å². The number of nitrogens with one attached hydrogen (secondary N) is 2. The third kappa shape index (κ3) is 6.03. The van der Waals surface area contributed by atoms with Crippen LogP contribution in [0.1, 0.15) is 40.3 Å². The van der Waals surface area contributed by atoms with Gasteiger partial charge in [-0.25, -0.2) is 0 Å². The summed E-state index contributed by atoms with van der Waals surface area (Å²) < 4.78 is 1.83. The molecule has 7 nitrogen and oxygen atoms in total. The maximum absolute atomic E-state index is 12.6. The number of benzene rings is 2. The number of hydrogen-bond donors (Lipinski definition) is 2. The normalized spacial score (nSPS) is 11.6. The van der Waals surface area contributed by atoms with E-state index in [2.05, 4.69) is 27.4 Å². The van der Waals surface area contributed by atoms with Crippen LogP contribution < -0.4 is 10.6 Å². The number of carbonyl (C=O) groups excluding carboxylic acids is 2. The molecule has 0 aliphatic carbocycles. The summed E-state index contributed by atoms with van der Waals surface area (Å²) >= 11 is 7.41. The van der Waals surface area contributed by atoms with Crippen molar-refractivity contribution in [1.29, 1.82) is 0 Å². The van der Waals surface area contributed by atoms with Crippen molar-refractivity contribution >= 4 is 40.9 Å². The van der Waals surface area contributed by atoms with E-state index in [0.717, 1.165) is 16.8 Å². The van der Waals surface area contributed by atoms with Crippen molar-refractivity contribution < 1.29 is 9.59 Å². The van der Waals surface area contributed by atoms with Gasteiger partial charge in [0.25, 0.3) is 5.91 Å². The first-order valence-corrected chi connectivity index (χ1v) is 11.8. The Morgan fingerprint density at radius 1 is 1.18 bits per heavy atom. The number of thioether (sulfide) groups is 1. The number of rotatable bonds is 9. The fraction of sp³-hybridized carbons (Fsp3) is 0.250. The van der Waals surface area contributed by atoms with Crippen molar-refractivity contribution in [3.63, 3.8) is 0 Å². The van der Waals surface area contributed by atoms with E-state index in [1.54, 1.807) is 30.3 Å². The standard InChI is InChI=1S/C24H26ClN5O2S/c1-5-13-30-22(17(4)26-23(32)18-10-6-7-11-19(18)25)28-29-24(30)33-14-21(31)27-20-12-8-9-15(2)16(20)3/h5-12,17H,1,13-14H2,2-4H3,(H,26,32)(H,27,31)/t17-/m0/s1. The quantitative estimate of drug-likeness (QED) is 0.332. The predicted molar refractivity (Wildman–Crippen MR) is 133 cm³/mol. The largest absolute Gasteiger partial charge is 0.342 e. The van der Waals surface area contributed by atoms with E-state index in [1.165, 1.54) is 11.8 Å². The Bertz CT molecular complexity index is 1180. The summed E-state index contributed by atoms with van der Waals surface area (Å²) in [5.41, 5.74) is 3.34. The van der Waals surface area contributed by atoms with Gasteiger partial charge in [-0.3, -0.25) is 9.59 Å². The molecule has 9 heteroatoms. The molecule has 0 saturated heterocycles. The number of aromatic nitrogens is 3. The van der Waals surface area contributed by atoms with Crippen molar-refractivity contribution in [3.8, 4) is 0 Å². The molecule has 1 aromatic heterocycles. The van der Waals surface area contributed by atoms with Gasteiger partial charge in [-0.15, -0.1) is 16.8 Å². The van der Waals surface area contributed by atoms with Gasteiger partial charge < -0.3 is 15.2 Å². The molecule has 0 fully saturated rings. The highest BCUT2D eigenvalue weighted by molar-refractivity contribution is 7.99. The van der Waals surface area contributed by atoms with Crippen LogP contribution in [0.5, 0.6) is 0 Å². The molecule has 1 atom stereocenters. The smallest absolute Gasteiger partial charge is 0.253 e. The molecule has 2 aromatic carbocycles. The van der Waals surface area contributed by atoms with E-state index in [-0.39, 0.29) is 17.6 Å². The molecule has 2 N–H and O–H groups in total. The molecule has 0 spiro atoms. The molecule has 172 valence electrons. The average molecular weight is 484 g/mol. The van der Waals surface area contributed by atoms with Crippen LogP contribution in [0.4, 0.5) is 5.69 Å². The zero-order chi connectivity index (χ0) is 24.0. The third-order valence-electron chi connectivity index (χ3n) is 5.12. The molecule has 2 amide bonds. The van der Waals surface area contributed by atoms with Crippen LogP contribution in [0.3, 0.4) is 0 Å². The Balaban J connectivity index is 1.69. The van der Waals surface area contributed by atoms with Gasteiger partial charge in [-0.05, 0) is 50.1 Å². The van der Waals surface area contributed by atoms with E-state index in [4.69, 9.17) is 11.6 Å². The van der Waals surface area contributed by atoms with Gasteiger partial charge in [0.05, 0.1) is 22.4 Å². The van der Waals surface area contributed by atoms with Gasteiger partial charge in [0.1, 0.15) is 0 Å². The molecule has 0 bridgehead atoms. The topological polar surface area (TPSA) is 88.9 Å². The molecule has 0 unspecified atom stereocenters. The van der Waals surface area contributed by atoms with Gasteiger partial charge in [0.2, 0.25) is 5.91 Å². The van der Waals surface area contributed by atoms with E-state index in [0.29, 0.717) is 28.1 Å². The van der Waals surface area contributed by atoms with E-state index in [1.807, 2.05) is 43.5 Å². The van der Waals surface area contributed by atoms with E-state index >= 15 is 0 Å². The predicted octanol–water partition coefficient (Wildman–Crippen LogP) is 4.96. The molecule has 0 radical (unpaired) electrons. The van der Waals surface area contributed by atoms with Gasteiger partial charge in [-0.1, -0.05) is 53.7 Å². The van der Waals surface area contributed by atoms with Crippen LogP contribution in [0.2, 0.25) is 5.02 Å². The first-order chi connectivity index (χ1) is 15.8. The minimum absolute atomic E-state index is 0.136. The van der Waals surface area contributed by atoms with Crippen molar-refractivity contribution in [3.05, 3.63) is 82.7 Å². The molecule has 3 rings (SSSR count). The summed E-state index contributed by atoms with van der Waals surface area (Å²) in [6.45, 7) is 10.0. The molecule has 0 saturated carbocycles. The Morgan fingerprint density at radius 2 is 1.94 bits per heavy atom. The molecular formula is C24H26ClN5O2S. The van der Waals surface area contributed by atoms with Crippen LogP contribution in [0.25, 0.3) is 0 Å². The van der Waals surface area contributed by atoms with Crippen molar-refractivity contribution in [2.24, 2.45) is 0 Å². The summed E-state index contributed by atoms with van der Waals surface area (Å²) in [5, 5.41) is 15.3. The van der Waals surface area contributed by atoms with Crippen molar-refractivity contribution in [2.75, 3.05) is 11.1 Å². The first-order valence-electron chi connectivity index (χ1n) is 10.4. The Hall–Kier alpha value is -3.10. The minimum Gasteiger partial charge on any atom is -0.342 e. The number of nitrogens with zero attached hydrogens (tertiary/aromatic N) is 3. The van der Waals surface area contributed by atoms with Crippen LogP contribution in [-0.4, -0.2) is 32.3 Å². The number of anilines is 1. The summed E-state index contributed by atoms with van der Waals surface area (Å²) in [6.07, 6.45) is 1.72. The first kappa shape index (κ1) is 24.5. The van der Waals surface area contributed by atoms with E-state index < -0.39 is 6.04 Å². The number of allylic oxidation sites excluding steroid dienone is 1. The molecule has 0 aliphatic rings. The highest BCUT2D eigenvalue weighted by Gasteiger charge is 2.21. The van der Waals surface area contributed by atoms with Crippen LogP contribution in [-0.2, 0) is 11.3 Å². The maximum atomic E-state index is 12.6. The van der Waals surface area contributed by atoms with Crippen LogP contribution in [0.15, 0.2) is 60.3 Å². The van der Waals surface area contributed by atoms with Gasteiger partial charge in [0.15, 0.2) is 11.0 Å². The lowest BCUT2D eigenvalue weighted by molar-refractivity contribution is -0.113. The van der Waals surface area contributed by atoms with E-state index in [9.17, 15) is 9.59 Å². The number of halogens is 1. The molecule has 1 heterocycles.